The number of pyridine rings is 1. The van der Waals surface area contributed by atoms with Gasteiger partial charge in [0.05, 0.1) is 18.7 Å². The van der Waals surface area contributed by atoms with E-state index in [-0.39, 0.29) is 22.5 Å². The predicted molar refractivity (Wildman–Crippen MR) is 162 cm³/mol. The van der Waals surface area contributed by atoms with Crippen LogP contribution in [-0.2, 0) is 14.3 Å². The number of benzene rings is 2. The molecule has 2 heterocycles. The van der Waals surface area contributed by atoms with Gasteiger partial charge in [-0.15, -0.1) is 0 Å². The fourth-order valence-electron chi connectivity index (χ4n) is 4.85. The van der Waals surface area contributed by atoms with Gasteiger partial charge in [-0.25, -0.2) is 18.9 Å². The number of hydrogen-bond acceptors (Lipinski definition) is 8. The van der Waals surface area contributed by atoms with Crippen molar-refractivity contribution >= 4 is 29.9 Å². The normalized spacial score (nSPS) is 14.8. The van der Waals surface area contributed by atoms with E-state index in [0.29, 0.717) is 26.2 Å². The molecule has 2 amide bonds. The molecule has 3 aromatic rings. The van der Waals surface area contributed by atoms with E-state index in [1.54, 1.807) is 44.7 Å². The molecule has 10 heteroatoms. The minimum Gasteiger partial charge on any atom is -0.465 e. The maximum absolute atomic E-state index is 13.8. The van der Waals surface area contributed by atoms with Crippen molar-refractivity contribution in [2.24, 2.45) is 0 Å². The number of rotatable bonds is 8. The molecule has 2 aromatic carbocycles. The second kappa shape index (κ2) is 13.8. The molecular formula is C32H38N4O5S. The summed E-state index contributed by atoms with van der Waals surface area (Å²) in [6.07, 6.45) is 0.825. The standard InChI is InChI=1S/C32H38N4O5S/c1-23(36(31(39)41-32(2,3)4)42-28-26(30(38)40-5)17-12-18-33-28)29(37)35-21-19-34(20-22-35)27(24-13-8-6-9-14-24)25-15-10-7-11-16-25/h6-18,23,27H,19-22H2,1-5H3/t23-/m1/s1. The summed E-state index contributed by atoms with van der Waals surface area (Å²) < 4.78 is 11.8. The highest BCUT2D eigenvalue weighted by molar-refractivity contribution is 7.97. The molecule has 4 rings (SSSR count). The maximum Gasteiger partial charge on any atom is 0.421 e. The second-order valence-corrected chi connectivity index (χ2v) is 12.0. The number of nitrogens with zero attached hydrogens (tertiary/aromatic N) is 4. The van der Waals surface area contributed by atoms with E-state index in [1.807, 2.05) is 36.4 Å². The van der Waals surface area contributed by atoms with Crippen molar-refractivity contribution in [3.63, 3.8) is 0 Å². The highest BCUT2D eigenvalue weighted by Crippen LogP contribution is 2.32. The zero-order valence-corrected chi connectivity index (χ0v) is 25.5. The lowest BCUT2D eigenvalue weighted by atomic mass is 9.96. The lowest BCUT2D eigenvalue weighted by Crippen LogP contribution is -2.54. The Hall–Kier alpha value is -3.89. The van der Waals surface area contributed by atoms with Crippen molar-refractivity contribution in [2.45, 2.75) is 50.4 Å². The molecule has 42 heavy (non-hydrogen) atoms. The molecule has 1 fully saturated rings. The van der Waals surface area contributed by atoms with Crippen LogP contribution in [0.1, 0.15) is 55.2 Å². The Balaban J connectivity index is 1.52. The summed E-state index contributed by atoms with van der Waals surface area (Å²) in [5.74, 6) is -0.796. The van der Waals surface area contributed by atoms with E-state index in [2.05, 4.69) is 34.1 Å². The van der Waals surface area contributed by atoms with E-state index in [9.17, 15) is 14.4 Å². The number of esters is 1. The average Bonchev–Trinajstić information content (AvgIpc) is 2.99. The Bertz CT molecular complexity index is 1320. The van der Waals surface area contributed by atoms with Crippen LogP contribution in [0.4, 0.5) is 4.79 Å². The van der Waals surface area contributed by atoms with Crippen LogP contribution in [-0.4, -0.2) is 82.0 Å². The van der Waals surface area contributed by atoms with Crippen LogP contribution in [0.15, 0.2) is 84.0 Å². The molecule has 9 nitrogen and oxygen atoms in total. The summed E-state index contributed by atoms with van der Waals surface area (Å²) in [5, 5.41) is 0.244. The molecule has 1 saturated heterocycles. The van der Waals surface area contributed by atoms with E-state index in [1.165, 1.54) is 28.7 Å². The van der Waals surface area contributed by atoms with Gasteiger partial charge in [0.15, 0.2) is 0 Å². The summed E-state index contributed by atoms with van der Waals surface area (Å²) in [5.41, 5.74) is 1.80. The highest BCUT2D eigenvalue weighted by atomic mass is 32.2. The van der Waals surface area contributed by atoms with E-state index < -0.39 is 23.7 Å². The first-order valence-electron chi connectivity index (χ1n) is 14.0. The Morgan fingerprint density at radius 2 is 1.45 bits per heavy atom. The van der Waals surface area contributed by atoms with Crippen molar-refractivity contribution in [3.8, 4) is 0 Å². The number of methoxy groups -OCH3 is 1. The fourth-order valence-corrected chi connectivity index (χ4v) is 5.76. The summed E-state index contributed by atoms with van der Waals surface area (Å²) in [6, 6.07) is 23.1. The van der Waals surface area contributed by atoms with Gasteiger partial charge < -0.3 is 14.4 Å². The molecule has 0 aliphatic carbocycles. The van der Waals surface area contributed by atoms with Crippen molar-refractivity contribution < 1.29 is 23.9 Å². The van der Waals surface area contributed by atoms with Crippen LogP contribution in [0.3, 0.4) is 0 Å². The molecule has 222 valence electrons. The smallest absolute Gasteiger partial charge is 0.421 e. The van der Waals surface area contributed by atoms with Crippen LogP contribution >= 0.6 is 11.9 Å². The number of carbonyl (C=O) groups excluding carboxylic acids is 3. The van der Waals surface area contributed by atoms with Crippen molar-refractivity contribution in [3.05, 3.63) is 95.7 Å². The SMILES string of the molecule is COC(=O)c1cccnc1SN(C(=O)OC(C)(C)C)[C@H](C)C(=O)N1CCN(C(c2ccccc2)c2ccccc2)CC1. The quantitative estimate of drug-likeness (QED) is 0.253. The van der Waals surface area contributed by atoms with Gasteiger partial charge in [0.25, 0.3) is 0 Å². The van der Waals surface area contributed by atoms with Gasteiger partial charge in [-0.1, -0.05) is 60.7 Å². The summed E-state index contributed by atoms with van der Waals surface area (Å²) in [4.78, 5) is 48.0. The summed E-state index contributed by atoms with van der Waals surface area (Å²) in [7, 11) is 1.28. The van der Waals surface area contributed by atoms with Crippen LogP contribution in [0, 0.1) is 0 Å². The molecule has 1 aromatic heterocycles. The Kier molecular flexibility index (Phi) is 10.2. The number of carbonyl (C=O) groups is 3. The third kappa shape index (κ3) is 7.68. The highest BCUT2D eigenvalue weighted by Gasteiger charge is 2.36. The maximum atomic E-state index is 13.8. The van der Waals surface area contributed by atoms with Crippen molar-refractivity contribution in [2.75, 3.05) is 33.3 Å². The molecule has 1 aliphatic rings. The van der Waals surface area contributed by atoms with E-state index in [4.69, 9.17) is 9.47 Å². The molecule has 0 N–H and O–H groups in total. The molecule has 0 saturated carbocycles. The monoisotopic (exact) mass is 590 g/mol. The van der Waals surface area contributed by atoms with Crippen LogP contribution in [0.2, 0.25) is 0 Å². The van der Waals surface area contributed by atoms with Crippen molar-refractivity contribution in [1.29, 1.82) is 0 Å². The molecular weight excluding hydrogens is 552 g/mol. The lowest BCUT2D eigenvalue weighted by Gasteiger charge is -2.41. The first-order chi connectivity index (χ1) is 20.1. The molecule has 1 aliphatic heterocycles. The van der Waals surface area contributed by atoms with Crippen molar-refractivity contribution in [1.82, 2.24) is 19.1 Å². The number of hydrogen-bond donors (Lipinski definition) is 0. The van der Waals surface area contributed by atoms with E-state index >= 15 is 0 Å². The number of piperazine rings is 1. The van der Waals surface area contributed by atoms with Crippen LogP contribution < -0.4 is 0 Å². The van der Waals surface area contributed by atoms with Gasteiger partial charge in [-0.05, 0) is 51.0 Å². The van der Waals surface area contributed by atoms with Gasteiger partial charge >= 0.3 is 12.1 Å². The Morgan fingerprint density at radius 1 is 0.881 bits per heavy atom. The van der Waals surface area contributed by atoms with Crippen LogP contribution in [0.25, 0.3) is 0 Å². The lowest BCUT2D eigenvalue weighted by molar-refractivity contribution is -0.136. The first kappa shape index (κ1) is 31.1. The second-order valence-electron chi connectivity index (χ2n) is 11.0. The molecule has 0 bridgehead atoms. The number of amides is 2. The molecule has 0 unspecified atom stereocenters. The number of aromatic nitrogens is 1. The third-order valence-electron chi connectivity index (χ3n) is 6.87. The van der Waals surface area contributed by atoms with Gasteiger partial charge in [0.1, 0.15) is 16.7 Å². The van der Waals surface area contributed by atoms with E-state index in [0.717, 1.165) is 11.9 Å². The largest absolute Gasteiger partial charge is 0.465 e. The van der Waals surface area contributed by atoms with Gasteiger partial charge in [0.2, 0.25) is 5.91 Å². The minimum absolute atomic E-state index is 0.0665. The number of ether oxygens (including phenoxy) is 2. The van der Waals surface area contributed by atoms with Gasteiger partial charge in [0, 0.05) is 44.3 Å². The van der Waals surface area contributed by atoms with Gasteiger partial charge in [-0.2, -0.15) is 0 Å². The topological polar surface area (TPSA) is 92.3 Å². The van der Waals surface area contributed by atoms with Gasteiger partial charge in [-0.3, -0.25) is 9.69 Å². The zero-order chi connectivity index (χ0) is 30.3. The minimum atomic E-state index is -0.886. The molecule has 0 spiro atoms. The first-order valence-corrected chi connectivity index (χ1v) is 14.7. The summed E-state index contributed by atoms with van der Waals surface area (Å²) >= 11 is 0.897. The summed E-state index contributed by atoms with van der Waals surface area (Å²) in [6.45, 7) is 9.29. The van der Waals surface area contributed by atoms with Crippen LogP contribution in [0.5, 0.6) is 0 Å². The molecule has 1 atom stereocenters. The zero-order valence-electron chi connectivity index (χ0n) is 24.7. The predicted octanol–water partition coefficient (Wildman–Crippen LogP) is 5.43. The average molecular weight is 591 g/mol. The Morgan fingerprint density at radius 3 is 1.98 bits per heavy atom. The fraction of sp³-hybridized carbons (Fsp3) is 0.375. The molecule has 0 radical (unpaired) electrons. The Labute approximate surface area is 251 Å². The third-order valence-corrected chi connectivity index (χ3v) is 8.03.